The van der Waals surface area contributed by atoms with Crippen molar-refractivity contribution in [1.82, 2.24) is 5.32 Å². The van der Waals surface area contributed by atoms with Gasteiger partial charge in [-0.15, -0.1) is 11.3 Å². The molecule has 0 bridgehead atoms. The van der Waals surface area contributed by atoms with Crippen LogP contribution in [0.1, 0.15) is 30.7 Å². The van der Waals surface area contributed by atoms with Crippen molar-refractivity contribution in [3.05, 3.63) is 46.7 Å². The highest BCUT2D eigenvalue weighted by molar-refractivity contribution is 7.10. The summed E-state index contributed by atoms with van der Waals surface area (Å²) in [7, 11) is 1.70. The number of amides is 1. The molecule has 1 aliphatic heterocycles. The van der Waals surface area contributed by atoms with Crippen molar-refractivity contribution in [1.29, 1.82) is 0 Å². The van der Waals surface area contributed by atoms with Crippen LogP contribution in [0.25, 0.3) is 0 Å². The monoisotopic (exact) mass is 400 g/mol. The van der Waals surface area contributed by atoms with Gasteiger partial charge in [0.25, 0.3) is 0 Å². The number of ether oxygens (including phenoxy) is 1. The number of carbonyl (C=O) groups excluding carboxylic acids is 1. The van der Waals surface area contributed by atoms with Gasteiger partial charge in [0.15, 0.2) is 0 Å². The van der Waals surface area contributed by atoms with Crippen molar-refractivity contribution < 1.29 is 14.4 Å². The normalized spacial score (nSPS) is 19.9. The lowest BCUT2D eigenvalue weighted by molar-refractivity contribution is -0.933. The number of anilines is 1. The van der Waals surface area contributed by atoms with Gasteiger partial charge in [-0.25, -0.2) is 0 Å². The van der Waals surface area contributed by atoms with E-state index in [-0.39, 0.29) is 17.9 Å². The molecule has 2 fully saturated rings. The minimum Gasteiger partial charge on any atom is -0.497 e. The van der Waals surface area contributed by atoms with Crippen molar-refractivity contribution >= 4 is 22.9 Å². The molecule has 0 radical (unpaired) electrons. The Hall–Kier alpha value is -2.05. The van der Waals surface area contributed by atoms with Gasteiger partial charge in [-0.05, 0) is 55.5 Å². The molecule has 6 heteroatoms. The average Bonchev–Trinajstić information content (AvgIpc) is 3.45. The first-order chi connectivity index (χ1) is 13.7. The Morgan fingerprint density at radius 2 is 1.93 bits per heavy atom. The lowest BCUT2D eigenvalue weighted by Crippen LogP contribution is -3.16. The Labute approximate surface area is 171 Å². The van der Waals surface area contributed by atoms with Gasteiger partial charge in [0.05, 0.1) is 44.2 Å². The third kappa shape index (κ3) is 4.33. The zero-order valence-corrected chi connectivity index (χ0v) is 17.5. The third-order valence-electron chi connectivity index (χ3n) is 5.95. The van der Waals surface area contributed by atoms with E-state index in [2.05, 4.69) is 46.8 Å². The highest BCUT2D eigenvalue weighted by Gasteiger charge is 2.37. The second-order valence-electron chi connectivity index (χ2n) is 7.91. The maximum Gasteiger partial charge on any atom is 0.223 e. The molecule has 0 spiro atoms. The van der Waals surface area contributed by atoms with Crippen LogP contribution >= 0.6 is 11.3 Å². The van der Waals surface area contributed by atoms with E-state index >= 15 is 0 Å². The molecule has 2 atom stereocenters. The largest absolute Gasteiger partial charge is 0.497 e. The molecule has 2 heterocycles. The summed E-state index contributed by atoms with van der Waals surface area (Å²) in [6, 6.07) is 13.1. The Bertz CT molecular complexity index is 766. The summed E-state index contributed by atoms with van der Waals surface area (Å²) >= 11 is 1.81. The number of hydrogen-bond donors (Lipinski definition) is 2. The van der Waals surface area contributed by atoms with E-state index in [1.54, 1.807) is 23.3 Å². The van der Waals surface area contributed by atoms with Crippen molar-refractivity contribution in [2.75, 3.05) is 38.2 Å². The number of nitrogens with zero attached hydrogens (tertiary/aromatic N) is 1. The van der Waals surface area contributed by atoms with Crippen LogP contribution in [0, 0.1) is 5.92 Å². The van der Waals surface area contributed by atoms with Gasteiger partial charge >= 0.3 is 0 Å². The van der Waals surface area contributed by atoms with Crippen LogP contribution in [0.15, 0.2) is 41.8 Å². The highest BCUT2D eigenvalue weighted by atomic mass is 32.1. The van der Waals surface area contributed by atoms with Gasteiger partial charge in [-0.2, -0.15) is 0 Å². The van der Waals surface area contributed by atoms with E-state index in [4.69, 9.17) is 4.74 Å². The fraction of sp³-hybridized carbons (Fsp3) is 0.500. The molecule has 2 aliphatic rings. The van der Waals surface area contributed by atoms with E-state index in [0.717, 1.165) is 44.8 Å². The maximum atomic E-state index is 12.3. The number of nitrogens with one attached hydrogen (secondary N) is 2. The molecule has 0 unspecified atom stereocenters. The topological polar surface area (TPSA) is 46.0 Å². The van der Waals surface area contributed by atoms with Crippen LogP contribution in [0.3, 0.4) is 0 Å². The van der Waals surface area contributed by atoms with E-state index in [1.807, 2.05) is 12.1 Å². The molecular formula is C22H30N3O2S+. The Balaban J connectivity index is 1.42. The summed E-state index contributed by atoms with van der Waals surface area (Å²) in [6.45, 7) is 6.35. The van der Waals surface area contributed by atoms with E-state index in [9.17, 15) is 4.79 Å². The van der Waals surface area contributed by atoms with Gasteiger partial charge in [0.1, 0.15) is 11.8 Å². The van der Waals surface area contributed by atoms with E-state index in [1.165, 1.54) is 10.6 Å². The summed E-state index contributed by atoms with van der Waals surface area (Å²) in [5.74, 6) is 1.39. The number of hydrogen-bond acceptors (Lipinski definition) is 4. The molecule has 1 saturated carbocycles. The number of carbonyl (C=O) groups is 1. The highest BCUT2D eigenvalue weighted by Crippen LogP contribution is 2.29. The van der Waals surface area contributed by atoms with Gasteiger partial charge in [0.2, 0.25) is 5.91 Å². The van der Waals surface area contributed by atoms with Gasteiger partial charge in [-0.3, -0.25) is 4.79 Å². The summed E-state index contributed by atoms with van der Waals surface area (Å²) in [5, 5.41) is 5.45. The molecule has 1 aromatic heterocycles. The van der Waals surface area contributed by atoms with Crippen molar-refractivity contribution in [3.63, 3.8) is 0 Å². The summed E-state index contributed by atoms with van der Waals surface area (Å²) in [5.41, 5.74) is 1.25. The number of piperazine rings is 1. The van der Waals surface area contributed by atoms with E-state index in [0.29, 0.717) is 6.04 Å². The number of quaternary nitrogens is 1. The maximum absolute atomic E-state index is 12.3. The summed E-state index contributed by atoms with van der Waals surface area (Å²) in [4.78, 5) is 17.7. The molecule has 28 heavy (non-hydrogen) atoms. The zero-order chi connectivity index (χ0) is 19.5. The predicted molar refractivity (Wildman–Crippen MR) is 113 cm³/mol. The van der Waals surface area contributed by atoms with Gasteiger partial charge in [-0.1, -0.05) is 6.07 Å². The molecule has 1 aliphatic carbocycles. The Kier molecular flexibility index (Phi) is 5.87. The number of benzene rings is 1. The van der Waals surface area contributed by atoms with Gasteiger partial charge < -0.3 is 19.9 Å². The minimum atomic E-state index is 0.147. The average molecular weight is 401 g/mol. The molecule has 2 aromatic rings. The molecule has 1 aromatic carbocycles. The smallest absolute Gasteiger partial charge is 0.223 e. The Morgan fingerprint density at radius 1 is 1.21 bits per heavy atom. The minimum absolute atomic E-state index is 0.147. The quantitative estimate of drug-likeness (QED) is 0.748. The second-order valence-corrected chi connectivity index (χ2v) is 8.89. The van der Waals surface area contributed by atoms with Crippen LogP contribution in [0.5, 0.6) is 5.75 Å². The fourth-order valence-electron chi connectivity index (χ4n) is 4.20. The molecule has 150 valence electrons. The molecule has 1 saturated heterocycles. The number of thiophene rings is 1. The van der Waals surface area contributed by atoms with Crippen molar-refractivity contribution in [3.8, 4) is 5.75 Å². The second kappa shape index (κ2) is 8.53. The van der Waals surface area contributed by atoms with Crippen LogP contribution in [-0.2, 0) is 4.79 Å². The number of methoxy groups -OCH3 is 1. The van der Waals surface area contributed by atoms with E-state index < -0.39 is 0 Å². The summed E-state index contributed by atoms with van der Waals surface area (Å²) in [6.07, 6.45) is 2.10. The summed E-state index contributed by atoms with van der Waals surface area (Å²) < 4.78 is 5.27. The SMILES string of the molecule is COc1ccc(N2CC[NH+]([C@H](c3cccs3)[C@@H](C)NC(=O)C3CC3)CC2)cc1. The first-order valence-corrected chi connectivity index (χ1v) is 11.1. The van der Waals surface area contributed by atoms with Crippen LogP contribution in [0.2, 0.25) is 0 Å². The van der Waals surface area contributed by atoms with Crippen molar-refractivity contribution in [2.45, 2.75) is 31.8 Å². The predicted octanol–water partition coefficient (Wildman–Crippen LogP) is 2.12. The molecule has 4 rings (SSSR count). The zero-order valence-electron chi connectivity index (χ0n) is 16.7. The third-order valence-corrected chi connectivity index (χ3v) is 6.91. The fourth-order valence-corrected chi connectivity index (χ4v) is 5.19. The van der Waals surface area contributed by atoms with Gasteiger partial charge in [0, 0.05) is 11.6 Å². The standard InChI is InChI=1S/C22H29N3O2S/c1-16(23-22(26)17-5-6-17)21(20-4-3-15-28-20)25-13-11-24(12-14-25)18-7-9-19(27-2)10-8-18/h3-4,7-10,15-17,21H,5-6,11-14H2,1-2H3,(H,23,26)/p+1/t16-,21+/m1/s1. The molecule has 5 nitrogen and oxygen atoms in total. The first-order valence-electron chi connectivity index (χ1n) is 10.2. The first kappa shape index (κ1) is 19.3. The number of rotatable bonds is 7. The molecular weight excluding hydrogens is 370 g/mol. The van der Waals surface area contributed by atoms with Crippen LogP contribution in [-0.4, -0.2) is 45.2 Å². The Morgan fingerprint density at radius 3 is 2.50 bits per heavy atom. The lowest BCUT2D eigenvalue weighted by Gasteiger charge is -2.39. The van der Waals surface area contributed by atoms with Crippen LogP contribution in [0.4, 0.5) is 5.69 Å². The molecule has 1 amide bonds. The van der Waals surface area contributed by atoms with Crippen molar-refractivity contribution in [2.24, 2.45) is 5.92 Å². The lowest BCUT2D eigenvalue weighted by atomic mass is 10.0. The molecule has 2 N–H and O–H groups in total. The van der Waals surface area contributed by atoms with Crippen LogP contribution < -0.4 is 19.9 Å².